The molecule has 144 valence electrons. The molecule has 4 rings (SSSR count). The van der Waals surface area contributed by atoms with E-state index in [4.69, 9.17) is 14.0 Å². The Morgan fingerprint density at radius 3 is 2.89 bits per heavy atom. The summed E-state index contributed by atoms with van der Waals surface area (Å²) in [4.78, 5) is 17.8. The van der Waals surface area contributed by atoms with E-state index in [0.717, 1.165) is 24.2 Å². The van der Waals surface area contributed by atoms with Crippen molar-refractivity contribution in [3.05, 3.63) is 41.0 Å². The van der Waals surface area contributed by atoms with E-state index in [1.54, 1.807) is 7.11 Å². The molecule has 1 amide bonds. The van der Waals surface area contributed by atoms with Crippen LogP contribution in [-0.4, -0.2) is 36.4 Å². The molecular formula is C20H25N3O4. The van der Waals surface area contributed by atoms with Crippen molar-refractivity contribution in [2.75, 3.05) is 20.3 Å². The van der Waals surface area contributed by atoms with Crippen LogP contribution in [0, 0.1) is 0 Å². The summed E-state index contributed by atoms with van der Waals surface area (Å²) in [6.07, 6.45) is 3.59. The molecule has 27 heavy (non-hydrogen) atoms. The third kappa shape index (κ3) is 3.20. The second-order valence-corrected chi connectivity index (χ2v) is 7.18. The lowest BCUT2D eigenvalue weighted by atomic mass is 9.88. The molecule has 1 aliphatic heterocycles. The minimum Gasteiger partial charge on any atom is -0.496 e. The van der Waals surface area contributed by atoms with Crippen molar-refractivity contribution in [3.8, 4) is 5.75 Å². The van der Waals surface area contributed by atoms with Crippen molar-refractivity contribution >= 4 is 5.91 Å². The summed E-state index contributed by atoms with van der Waals surface area (Å²) < 4.78 is 16.6. The van der Waals surface area contributed by atoms with Gasteiger partial charge in [0.25, 0.3) is 5.89 Å². The molecule has 0 unspecified atom stereocenters. The predicted octanol–water partition coefficient (Wildman–Crippen LogP) is 2.49. The SMILES string of the molecule is CCc1noc(C2(NC(=O)[C@@H]3CCc4cccc(OC)c43)CCOCC2)n1. The summed E-state index contributed by atoms with van der Waals surface area (Å²) >= 11 is 0. The topological polar surface area (TPSA) is 86.5 Å². The highest BCUT2D eigenvalue weighted by Gasteiger charge is 2.43. The van der Waals surface area contributed by atoms with Crippen LogP contribution >= 0.6 is 0 Å². The van der Waals surface area contributed by atoms with Gasteiger partial charge in [-0.3, -0.25) is 4.79 Å². The average Bonchev–Trinajstić information content (AvgIpc) is 3.36. The van der Waals surface area contributed by atoms with Gasteiger partial charge < -0.3 is 19.3 Å². The first-order valence-electron chi connectivity index (χ1n) is 9.55. The van der Waals surface area contributed by atoms with E-state index in [1.807, 2.05) is 19.1 Å². The number of nitrogens with zero attached hydrogens (tertiary/aromatic N) is 2. The van der Waals surface area contributed by atoms with Crippen LogP contribution in [0.25, 0.3) is 0 Å². The molecule has 1 saturated heterocycles. The van der Waals surface area contributed by atoms with Gasteiger partial charge in [-0.05, 0) is 24.5 Å². The molecule has 0 radical (unpaired) electrons. The quantitative estimate of drug-likeness (QED) is 0.869. The molecule has 1 N–H and O–H groups in total. The van der Waals surface area contributed by atoms with Crippen LogP contribution in [0.3, 0.4) is 0 Å². The number of benzene rings is 1. The molecule has 0 saturated carbocycles. The number of hydrogen-bond acceptors (Lipinski definition) is 6. The van der Waals surface area contributed by atoms with E-state index >= 15 is 0 Å². The highest BCUT2D eigenvalue weighted by atomic mass is 16.5. The van der Waals surface area contributed by atoms with Gasteiger partial charge in [-0.25, -0.2) is 0 Å². The lowest BCUT2D eigenvalue weighted by Crippen LogP contribution is -2.51. The normalized spacial score (nSPS) is 20.9. The molecule has 1 aromatic carbocycles. The Kier molecular flexibility index (Phi) is 4.86. The molecule has 0 bridgehead atoms. The van der Waals surface area contributed by atoms with Gasteiger partial charge in [0.15, 0.2) is 5.82 Å². The number of rotatable bonds is 5. The number of fused-ring (bicyclic) bond motifs is 1. The number of methoxy groups -OCH3 is 1. The summed E-state index contributed by atoms with van der Waals surface area (Å²) in [6, 6.07) is 5.96. The van der Waals surface area contributed by atoms with Crippen LogP contribution in [0.4, 0.5) is 0 Å². The number of aromatic nitrogens is 2. The van der Waals surface area contributed by atoms with E-state index in [-0.39, 0.29) is 11.8 Å². The molecule has 2 heterocycles. The summed E-state index contributed by atoms with van der Waals surface area (Å²) in [5.74, 6) is 1.66. The lowest BCUT2D eigenvalue weighted by Gasteiger charge is -2.35. The number of nitrogens with one attached hydrogen (secondary N) is 1. The molecule has 1 aliphatic carbocycles. The number of carbonyl (C=O) groups is 1. The van der Waals surface area contributed by atoms with Crippen molar-refractivity contribution in [2.24, 2.45) is 0 Å². The van der Waals surface area contributed by atoms with E-state index in [1.165, 1.54) is 5.56 Å². The Morgan fingerprint density at radius 2 is 2.19 bits per heavy atom. The standard InChI is InChI=1S/C20H25N3O4/c1-3-16-21-19(27-23-16)20(9-11-26-12-10-20)22-18(24)14-8-7-13-5-4-6-15(25-2)17(13)14/h4-6,14H,3,7-12H2,1-2H3,(H,22,24)/t14-/m1/s1. The highest BCUT2D eigenvalue weighted by Crippen LogP contribution is 2.41. The van der Waals surface area contributed by atoms with Gasteiger partial charge in [-0.2, -0.15) is 4.98 Å². The molecule has 2 aromatic rings. The number of aryl methyl sites for hydroxylation is 2. The van der Waals surface area contributed by atoms with Crippen molar-refractivity contribution in [2.45, 2.75) is 50.5 Å². The van der Waals surface area contributed by atoms with E-state index in [0.29, 0.717) is 44.2 Å². The maximum atomic E-state index is 13.3. The molecule has 1 atom stereocenters. The summed E-state index contributed by atoms with van der Waals surface area (Å²) in [6.45, 7) is 3.08. The van der Waals surface area contributed by atoms with Crippen molar-refractivity contribution in [3.63, 3.8) is 0 Å². The number of ether oxygens (including phenoxy) is 2. The fourth-order valence-electron chi connectivity index (χ4n) is 4.11. The van der Waals surface area contributed by atoms with Gasteiger partial charge in [-0.15, -0.1) is 0 Å². The van der Waals surface area contributed by atoms with Gasteiger partial charge in [0, 0.05) is 38.0 Å². The van der Waals surface area contributed by atoms with Crippen LogP contribution in [0.2, 0.25) is 0 Å². The van der Waals surface area contributed by atoms with Crippen LogP contribution in [0.15, 0.2) is 22.7 Å². The number of hydrogen-bond donors (Lipinski definition) is 1. The van der Waals surface area contributed by atoms with Crippen LogP contribution in [0.1, 0.15) is 54.9 Å². The fraction of sp³-hybridized carbons (Fsp3) is 0.550. The zero-order chi connectivity index (χ0) is 18.9. The van der Waals surface area contributed by atoms with Crippen molar-refractivity contribution < 1.29 is 18.8 Å². The van der Waals surface area contributed by atoms with Crippen LogP contribution in [-0.2, 0) is 27.9 Å². The molecule has 1 aromatic heterocycles. The highest BCUT2D eigenvalue weighted by molar-refractivity contribution is 5.86. The minimum absolute atomic E-state index is 0.0172. The first-order valence-corrected chi connectivity index (χ1v) is 9.55. The molecule has 0 spiro atoms. The van der Waals surface area contributed by atoms with E-state index in [2.05, 4.69) is 21.5 Å². The van der Waals surface area contributed by atoms with Crippen molar-refractivity contribution in [1.82, 2.24) is 15.5 Å². The third-order valence-electron chi connectivity index (χ3n) is 5.65. The van der Waals surface area contributed by atoms with Gasteiger partial charge in [0.05, 0.1) is 13.0 Å². The molecular weight excluding hydrogens is 346 g/mol. The Labute approximate surface area is 158 Å². The molecule has 2 aliphatic rings. The predicted molar refractivity (Wildman–Crippen MR) is 97.6 cm³/mol. The zero-order valence-electron chi connectivity index (χ0n) is 15.8. The maximum absolute atomic E-state index is 13.3. The van der Waals surface area contributed by atoms with Crippen LogP contribution in [0.5, 0.6) is 5.75 Å². The second kappa shape index (κ2) is 7.31. The van der Waals surface area contributed by atoms with E-state index in [9.17, 15) is 4.79 Å². The first kappa shape index (κ1) is 18.0. The monoisotopic (exact) mass is 371 g/mol. The zero-order valence-corrected chi connectivity index (χ0v) is 15.8. The lowest BCUT2D eigenvalue weighted by molar-refractivity contribution is -0.126. The summed E-state index contributed by atoms with van der Waals surface area (Å²) in [5, 5.41) is 7.27. The van der Waals surface area contributed by atoms with Crippen LogP contribution < -0.4 is 10.1 Å². The van der Waals surface area contributed by atoms with Gasteiger partial charge in [0.2, 0.25) is 5.91 Å². The van der Waals surface area contributed by atoms with E-state index < -0.39 is 5.54 Å². The minimum atomic E-state index is -0.666. The molecule has 7 heteroatoms. The molecule has 7 nitrogen and oxygen atoms in total. The Hall–Kier alpha value is -2.41. The smallest absolute Gasteiger partial charge is 0.252 e. The summed E-state index contributed by atoms with van der Waals surface area (Å²) in [7, 11) is 1.65. The Balaban J connectivity index is 1.63. The summed E-state index contributed by atoms with van der Waals surface area (Å²) in [5.41, 5.74) is 1.52. The Bertz CT molecular complexity index is 826. The fourth-order valence-corrected chi connectivity index (χ4v) is 4.11. The van der Waals surface area contributed by atoms with Gasteiger partial charge in [0.1, 0.15) is 11.3 Å². The van der Waals surface area contributed by atoms with Gasteiger partial charge in [-0.1, -0.05) is 24.2 Å². The first-order chi connectivity index (χ1) is 13.2. The average molecular weight is 371 g/mol. The Morgan fingerprint density at radius 1 is 1.37 bits per heavy atom. The largest absolute Gasteiger partial charge is 0.496 e. The third-order valence-corrected chi connectivity index (χ3v) is 5.65. The number of amides is 1. The second-order valence-electron chi connectivity index (χ2n) is 7.18. The van der Waals surface area contributed by atoms with Crippen molar-refractivity contribution in [1.29, 1.82) is 0 Å². The maximum Gasteiger partial charge on any atom is 0.252 e. The van der Waals surface area contributed by atoms with Gasteiger partial charge >= 0.3 is 0 Å². The molecule has 1 fully saturated rings. The number of carbonyl (C=O) groups excluding carboxylic acids is 1.